The Morgan fingerprint density at radius 3 is 3.00 bits per heavy atom. The van der Waals surface area contributed by atoms with Crippen molar-refractivity contribution >= 4 is 26.9 Å². The van der Waals surface area contributed by atoms with Gasteiger partial charge in [-0.15, -0.1) is 0 Å². The summed E-state index contributed by atoms with van der Waals surface area (Å²) in [5.74, 6) is 0. The Morgan fingerprint density at radius 1 is 1.39 bits per heavy atom. The van der Waals surface area contributed by atoms with Gasteiger partial charge < -0.3 is 5.32 Å². The summed E-state index contributed by atoms with van der Waals surface area (Å²) in [4.78, 5) is 4.49. The number of fused-ring (bicyclic) bond motifs is 1. The molecule has 1 aromatic heterocycles. The van der Waals surface area contributed by atoms with Crippen LogP contribution in [-0.4, -0.2) is 43.4 Å². The van der Waals surface area contributed by atoms with Gasteiger partial charge in [0.05, 0.1) is 4.90 Å². The first-order valence-corrected chi connectivity index (χ1v) is 9.21. The first-order chi connectivity index (χ1) is 11.1. The third-order valence-corrected chi connectivity index (χ3v) is 6.30. The summed E-state index contributed by atoms with van der Waals surface area (Å²) in [6.07, 6.45) is 5.81. The van der Waals surface area contributed by atoms with Gasteiger partial charge in [-0.25, -0.2) is 8.42 Å². The Labute approximate surface area is 137 Å². The zero-order chi connectivity index (χ0) is 16.4. The van der Waals surface area contributed by atoms with E-state index >= 15 is 0 Å². The van der Waals surface area contributed by atoms with Crippen molar-refractivity contribution in [3.8, 4) is 0 Å². The minimum atomic E-state index is -3.58. The quantitative estimate of drug-likeness (QED) is 0.937. The fourth-order valence-corrected chi connectivity index (χ4v) is 4.99. The summed E-state index contributed by atoms with van der Waals surface area (Å²) in [6.45, 7) is 7.77. The maximum Gasteiger partial charge on any atom is 0.243 e. The Hall–Kier alpha value is -1.76. The highest BCUT2D eigenvalue weighted by atomic mass is 32.2. The van der Waals surface area contributed by atoms with Gasteiger partial charge in [0.25, 0.3) is 0 Å². The van der Waals surface area contributed by atoms with E-state index in [0.29, 0.717) is 23.4 Å². The molecule has 0 radical (unpaired) electrons. The number of rotatable bonds is 3. The summed E-state index contributed by atoms with van der Waals surface area (Å²) in [6, 6.07) is 5.24. The zero-order valence-electron chi connectivity index (χ0n) is 13.2. The van der Waals surface area contributed by atoms with Crippen molar-refractivity contribution in [1.82, 2.24) is 14.6 Å². The molecule has 1 aliphatic heterocycles. The van der Waals surface area contributed by atoms with Crippen LogP contribution >= 0.6 is 0 Å². The van der Waals surface area contributed by atoms with Crippen molar-refractivity contribution in [2.75, 3.05) is 19.6 Å². The topological polar surface area (TPSA) is 62.3 Å². The lowest BCUT2D eigenvalue weighted by Crippen LogP contribution is -2.41. The number of pyridine rings is 1. The molecular formula is C17H21N3O2S. The highest BCUT2D eigenvalue weighted by molar-refractivity contribution is 7.89. The van der Waals surface area contributed by atoms with Crippen LogP contribution in [0.25, 0.3) is 16.8 Å². The molecule has 122 valence electrons. The molecule has 3 rings (SSSR count). The van der Waals surface area contributed by atoms with Gasteiger partial charge in [-0.05, 0) is 26.0 Å². The molecule has 2 aromatic rings. The molecule has 23 heavy (non-hydrogen) atoms. The second-order valence-corrected chi connectivity index (χ2v) is 7.67. The van der Waals surface area contributed by atoms with Gasteiger partial charge in [0, 0.05) is 47.9 Å². The summed E-state index contributed by atoms with van der Waals surface area (Å²) in [5, 5.41) is 4.78. The largest absolute Gasteiger partial charge is 0.315 e. The van der Waals surface area contributed by atoms with E-state index in [1.54, 1.807) is 34.9 Å². The molecule has 1 aliphatic rings. The normalized spacial score (nSPS) is 20.3. The molecule has 0 spiro atoms. The SMILES string of the molecule is C=Cc1cncc2cccc(S(=O)(=O)N3CCCNCC3C)c12. The monoisotopic (exact) mass is 331 g/mol. The molecule has 1 atom stereocenters. The molecule has 1 fully saturated rings. The van der Waals surface area contributed by atoms with Crippen molar-refractivity contribution in [3.63, 3.8) is 0 Å². The minimum absolute atomic E-state index is 0.0771. The van der Waals surface area contributed by atoms with Crippen LogP contribution in [0.1, 0.15) is 18.9 Å². The minimum Gasteiger partial charge on any atom is -0.315 e. The second kappa shape index (κ2) is 6.39. The lowest BCUT2D eigenvalue weighted by molar-refractivity contribution is 0.354. The molecule has 2 heterocycles. The molecule has 0 aliphatic carbocycles. The molecule has 5 nitrogen and oxygen atoms in total. The van der Waals surface area contributed by atoms with E-state index < -0.39 is 10.0 Å². The van der Waals surface area contributed by atoms with Crippen LogP contribution in [0.2, 0.25) is 0 Å². The summed E-state index contributed by atoms with van der Waals surface area (Å²) in [7, 11) is -3.58. The number of nitrogens with one attached hydrogen (secondary N) is 1. The predicted octanol–water partition coefficient (Wildman–Crippen LogP) is 2.25. The fraction of sp³-hybridized carbons (Fsp3) is 0.353. The van der Waals surface area contributed by atoms with Gasteiger partial charge in [-0.1, -0.05) is 24.8 Å². The highest BCUT2D eigenvalue weighted by Crippen LogP contribution is 2.30. The molecule has 0 saturated carbocycles. The Kier molecular flexibility index (Phi) is 4.48. The van der Waals surface area contributed by atoms with Gasteiger partial charge in [0.1, 0.15) is 0 Å². The lowest BCUT2D eigenvalue weighted by Gasteiger charge is -2.26. The molecule has 1 unspecified atom stereocenters. The summed E-state index contributed by atoms with van der Waals surface area (Å²) < 4.78 is 28.2. The maximum absolute atomic E-state index is 13.3. The second-order valence-electron chi connectivity index (χ2n) is 5.81. The number of sulfonamides is 1. The van der Waals surface area contributed by atoms with Crippen LogP contribution in [0.15, 0.2) is 42.1 Å². The highest BCUT2D eigenvalue weighted by Gasteiger charge is 2.31. The van der Waals surface area contributed by atoms with Crippen molar-refractivity contribution in [2.45, 2.75) is 24.3 Å². The first kappa shape index (κ1) is 16.1. The molecule has 1 aromatic carbocycles. The number of hydrogen-bond donors (Lipinski definition) is 1. The molecule has 0 bridgehead atoms. The summed E-state index contributed by atoms with van der Waals surface area (Å²) in [5.41, 5.74) is 0.738. The van der Waals surface area contributed by atoms with Gasteiger partial charge in [-0.2, -0.15) is 4.31 Å². The average Bonchev–Trinajstić information content (AvgIpc) is 2.78. The van der Waals surface area contributed by atoms with Gasteiger partial charge in [-0.3, -0.25) is 4.98 Å². The molecule has 6 heteroatoms. The number of aromatic nitrogens is 1. The van der Waals surface area contributed by atoms with Crippen molar-refractivity contribution in [3.05, 3.63) is 42.7 Å². The van der Waals surface area contributed by atoms with E-state index in [0.717, 1.165) is 23.9 Å². The van der Waals surface area contributed by atoms with E-state index in [1.807, 2.05) is 13.0 Å². The predicted molar refractivity (Wildman–Crippen MR) is 92.7 cm³/mol. The Morgan fingerprint density at radius 2 is 2.22 bits per heavy atom. The van der Waals surface area contributed by atoms with Crippen molar-refractivity contribution in [1.29, 1.82) is 0 Å². The van der Waals surface area contributed by atoms with Gasteiger partial charge >= 0.3 is 0 Å². The molecule has 1 N–H and O–H groups in total. The number of hydrogen-bond acceptors (Lipinski definition) is 4. The average molecular weight is 331 g/mol. The third kappa shape index (κ3) is 2.89. The van der Waals surface area contributed by atoms with Crippen LogP contribution in [0, 0.1) is 0 Å². The van der Waals surface area contributed by atoms with Crippen LogP contribution < -0.4 is 5.32 Å². The fourth-order valence-electron chi connectivity index (χ4n) is 3.07. The molecular weight excluding hydrogens is 310 g/mol. The van der Waals surface area contributed by atoms with Crippen LogP contribution in [0.4, 0.5) is 0 Å². The molecule has 0 amide bonds. The third-order valence-electron chi connectivity index (χ3n) is 4.24. The lowest BCUT2D eigenvalue weighted by atomic mass is 10.1. The first-order valence-electron chi connectivity index (χ1n) is 7.77. The smallest absolute Gasteiger partial charge is 0.243 e. The van der Waals surface area contributed by atoms with E-state index in [2.05, 4.69) is 16.9 Å². The molecule has 1 saturated heterocycles. The van der Waals surface area contributed by atoms with E-state index in [4.69, 9.17) is 0 Å². The van der Waals surface area contributed by atoms with Gasteiger partial charge in [0.2, 0.25) is 10.0 Å². The Bertz CT molecular complexity index is 828. The van der Waals surface area contributed by atoms with E-state index in [9.17, 15) is 8.42 Å². The standard InChI is InChI=1S/C17H21N3O2S/c1-3-14-11-19-12-15-6-4-7-16(17(14)15)23(21,22)20-9-5-8-18-10-13(20)2/h3-4,6-7,11-13,18H,1,5,8-10H2,2H3. The van der Waals surface area contributed by atoms with Crippen LogP contribution in [-0.2, 0) is 10.0 Å². The van der Waals surface area contributed by atoms with Crippen LogP contribution in [0.3, 0.4) is 0 Å². The Balaban J connectivity index is 2.20. The number of benzene rings is 1. The van der Waals surface area contributed by atoms with Gasteiger partial charge in [0.15, 0.2) is 0 Å². The maximum atomic E-state index is 13.3. The number of nitrogens with zero attached hydrogens (tertiary/aromatic N) is 2. The van der Waals surface area contributed by atoms with E-state index in [1.165, 1.54) is 0 Å². The summed E-state index contributed by atoms with van der Waals surface area (Å²) >= 11 is 0. The van der Waals surface area contributed by atoms with E-state index in [-0.39, 0.29) is 6.04 Å². The van der Waals surface area contributed by atoms with Crippen LogP contribution in [0.5, 0.6) is 0 Å². The van der Waals surface area contributed by atoms with Crippen molar-refractivity contribution < 1.29 is 8.42 Å². The zero-order valence-corrected chi connectivity index (χ0v) is 14.0. The van der Waals surface area contributed by atoms with Crippen molar-refractivity contribution in [2.24, 2.45) is 0 Å².